The van der Waals surface area contributed by atoms with Crippen molar-refractivity contribution in [2.75, 3.05) is 7.11 Å². The van der Waals surface area contributed by atoms with Crippen molar-refractivity contribution < 1.29 is 13.9 Å². The first-order valence-corrected chi connectivity index (χ1v) is 6.48. The molecular weight excluding hydrogens is 266 g/mol. The van der Waals surface area contributed by atoms with Crippen LogP contribution in [0.5, 0.6) is 0 Å². The molecule has 0 fully saturated rings. The van der Waals surface area contributed by atoms with Crippen LogP contribution in [0.4, 0.5) is 0 Å². The van der Waals surface area contributed by atoms with Crippen LogP contribution in [-0.2, 0) is 4.74 Å². The molecule has 0 amide bonds. The largest absolute Gasteiger partial charge is 0.465 e. The number of carbonyl (C=O) groups is 1. The summed E-state index contributed by atoms with van der Waals surface area (Å²) >= 11 is 0. The van der Waals surface area contributed by atoms with E-state index in [1.165, 1.54) is 7.11 Å². The Labute approximate surface area is 121 Å². The van der Waals surface area contributed by atoms with Gasteiger partial charge in [-0.3, -0.25) is 0 Å². The molecule has 0 aliphatic carbocycles. The molecule has 0 radical (unpaired) electrons. The molecule has 2 aromatic carbocycles. The van der Waals surface area contributed by atoms with E-state index in [1.807, 2.05) is 42.5 Å². The monoisotopic (exact) mass is 279 g/mol. The number of para-hydroxylation sites is 2. The number of methoxy groups -OCH3 is 1. The molecule has 0 bridgehead atoms. The first-order chi connectivity index (χ1) is 10.3. The van der Waals surface area contributed by atoms with E-state index in [2.05, 4.69) is 9.72 Å². The summed E-state index contributed by atoms with van der Waals surface area (Å²) in [6.07, 6.45) is 3.68. The van der Waals surface area contributed by atoms with Crippen molar-refractivity contribution in [3.8, 4) is 0 Å². The molecule has 4 nitrogen and oxygen atoms in total. The number of carbonyl (C=O) groups excluding carboxylic acids is 1. The molecule has 0 saturated heterocycles. The molecule has 0 N–H and O–H groups in total. The molecule has 1 aromatic heterocycles. The highest BCUT2D eigenvalue weighted by molar-refractivity contribution is 5.89. The second kappa shape index (κ2) is 5.63. The molecule has 0 atom stereocenters. The maximum absolute atomic E-state index is 11.3. The van der Waals surface area contributed by atoms with Crippen molar-refractivity contribution in [3.05, 3.63) is 65.5 Å². The fourth-order valence-electron chi connectivity index (χ4n) is 1.98. The molecule has 0 aliphatic rings. The highest BCUT2D eigenvalue weighted by Gasteiger charge is 2.04. The van der Waals surface area contributed by atoms with Crippen LogP contribution in [-0.4, -0.2) is 18.1 Å². The summed E-state index contributed by atoms with van der Waals surface area (Å²) in [6.45, 7) is 0. The lowest BCUT2D eigenvalue weighted by Crippen LogP contribution is -2.00. The van der Waals surface area contributed by atoms with Gasteiger partial charge in [0.05, 0.1) is 12.7 Å². The Morgan fingerprint density at radius 2 is 1.86 bits per heavy atom. The second-order valence-electron chi connectivity index (χ2n) is 4.47. The second-order valence-corrected chi connectivity index (χ2v) is 4.47. The van der Waals surface area contributed by atoms with Crippen molar-refractivity contribution in [2.24, 2.45) is 0 Å². The minimum absolute atomic E-state index is 0.343. The highest BCUT2D eigenvalue weighted by atomic mass is 16.5. The fraction of sp³-hybridized carbons (Fsp3) is 0.0588. The minimum atomic E-state index is -0.343. The molecule has 1 heterocycles. The number of nitrogens with zero attached hydrogens (tertiary/aromatic N) is 1. The quantitative estimate of drug-likeness (QED) is 0.684. The summed E-state index contributed by atoms with van der Waals surface area (Å²) in [5.74, 6) is 0.206. The molecular formula is C17H13NO3. The summed E-state index contributed by atoms with van der Waals surface area (Å²) in [6, 6.07) is 14.7. The maximum Gasteiger partial charge on any atom is 0.337 e. The molecule has 0 unspecified atom stereocenters. The summed E-state index contributed by atoms with van der Waals surface area (Å²) in [5, 5.41) is 0. The van der Waals surface area contributed by atoms with Gasteiger partial charge in [-0.25, -0.2) is 9.78 Å². The molecule has 4 heteroatoms. The van der Waals surface area contributed by atoms with Crippen LogP contribution in [0, 0.1) is 0 Å². The number of esters is 1. The van der Waals surface area contributed by atoms with Crippen LogP contribution in [0.25, 0.3) is 23.3 Å². The van der Waals surface area contributed by atoms with Gasteiger partial charge in [-0.1, -0.05) is 24.3 Å². The predicted molar refractivity (Wildman–Crippen MR) is 80.7 cm³/mol. The number of hydrogen-bond donors (Lipinski definition) is 0. The first-order valence-electron chi connectivity index (χ1n) is 6.48. The number of ether oxygens (including phenoxy) is 1. The zero-order chi connectivity index (χ0) is 14.7. The van der Waals surface area contributed by atoms with Gasteiger partial charge >= 0.3 is 5.97 Å². The van der Waals surface area contributed by atoms with E-state index in [9.17, 15) is 4.79 Å². The third-order valence-corrected chi connectivity index (χ3v) is 3.06. The molecule has 104 valence electrons. The van der Waals surface area contributed by atoms with E-state index in [-0.39, 0.29) is 5.97 Å². The van der Waals surface area contributed by atoms with Gasteiger partial charge < -0.3 is 9.15 Å². The van der Waals surface area contributed by atoms with Crippen molar-refractivity contribution >= 4 is 29.2 Å². The van der Waals surface area contributed by atoms with Gasteiger partial charge in [0, 0.05) is 6.08 Å². The molecule has 0 aliphatic heterocycles. The molecule has 0 spiro atoms. The van der Waals surface area contributed by atoms with E-state index in [1.54, 1.807) is 18.2 Å². The predicted octanol–water partition coefficient (Wildman–Crippen LogP) is 3.78. The van der Waals surface area contributed by atoms with E-state index >= 15 is 0 Å². The van der Waals surface area contributed by atoms with Crippen molar-refractivity contribution in [1.29, 1.82) is 0 Å². The third-order valence-electron chi connectivity index (χ3n) is 3.06. The Hall–Kier alpha value is -2.88. The smallest absolute Gasteiger partial charge is 0.337 e. The number of oxazole rings is 1. The van der Waals surface area contributed by atoms with Crippen LogP contribution < -0.4 is 0 Å². The van der Waals surface area contributed by atoms with Crippen LogP contribution >= 0.6 is 0 Å². The Morgan fingerprint density at radius 3 is 2.57 bits per heavy atom. The molecule has 3 rings (SSSR count). The van der Waals surface area contributed by atoms with E-state index in [0.717, 1.165) is 16.7 Å². The van der Waals surface area contributed by atoms with Gasteiger partial charge in [0.25, 0.3) is 0 Å². The van der Waals surface area contributed by atoms with E-state index in [4.69, 9.17) is 4.42 Å². The van der Waals surface area contributed by atoms with Gasteiger partial charge in [0.1, 0.15) is 5.52 Å². The lowest BCUT2D eigenvalue weighted by atomic mass is 10.1. The highest BCUT2D eigenvalue weighted by Crippen LogP contribution is 2.16. The number of hydrogen-bond acceptors (Lipinski definition) is 4. The van der Waals surface area contributed by atoms with Crippen molar-refractivity contribution in [1.82, 2.24) is 4.98 Å². The number of fused-ring (bicyclic) bond motifs is 1. The average Bonchev–Trinajstić information content (AvgIpc) is 2.95. The van der Waals surface area contributed by atoms with Crippen LogP contribution in [0.15, 0.2) is 52.9 Å². The van der Waals surface area contributed by atoms with Gasteiger partial charge in [0.15, 0.2) is 5.58 Å². The van der Waals surface area contributed by atoms with E-state index in [0.29, 0.717) is 11.5 Å². The summed E-state index contributed by atoms with van der Waals surface area (Å²) in [5.41, 5.74) is 3.07. The fourth-order valence-corrected chi connectivity index (χ4v) is 1.98. The molecule has 3 aromatic rings. The Kier molecular flexibility index (Phi) is 3.51. The van der Waals surface area contributed by atoms with Crippen LogP contribution in [0.1, 0.15) is 21.8 Å². The third kappa shape index (κ3) is 2.84. The Bertz CT molecular complexity index is 767. The van der Waals surface area contributed by atoms with Gasteiger partial charge in [-0.05, 0) is 35.9 Å². The Morgan fingerprint density at radius 1 is 1.10 bits per heavy atom. The minimum Gasteiger partial charge on any atom is -0.465 e. The Balaban J connectivity index is 1.80. The molecule has 0 saturated carbocycles. The summed E-state index contributed by atoms with van der Waals surface area (Å²) in [7, 11) is 1.36. The normalized spacial score (nSPS) is 11.1. The van der Waals surface area contributed by atoms with Crippen molar-refractivity contribution in [3.63, 3.8) is 0 Å². The zero-order valence-corrected chi connectivity index (χ0v) is 11.4. The standard InChI is InChI=1S/C17H13NO3/c1-20-17(19)13-9-6-12(7-10-13)8-11-16-18-14-4-2-3-5-15(14)21-16/h2-11H,1H3. The number of rotatable bonds is 3. The summed E-state index contributed by atoms with van der Waals surface area (Å²) < 4.78 is 10.3. The maximum atomic E-state index is 11.3. The topological polar surface area (TPSA) is 52.3 Å². The zero-order valence-electron chi connectivity index (χ0n) is 11.4. The lowest BCUT2D eigenvalue weighted by molar-refractivity contribution is 0.0600. The van der Waals surface area contributed by atoms with Crippen molar-refractivity contribution in [2.45, 2.75) is 0 Å². The van der Waals surface area contributed by atoms with Crippen LogP contribution in [0.2, 0.25) is 0 Å². The summed E-state index contributed by atoms with van der Waals surface area (Å²) in [4.78, 5) is 15.7. The van der Waals surface area contributed by atoms with E-state index < -0.39 is 0 Å². The SMILES string of the molecule is COC(=O)c1ccc(C=Cc2nc3ccccc3o2)cc1. The number of aromatic nitrogens is 1. The average molecular weight is 279 g/mol. The first kappa shape index (κ1) is 13.1. The lowest BCUT2D eigenvalue weighted by Gasteiger charge is -1.98. The van der Waals surface area contributed by atoms with Crippen LogP contribution in [0.3, 0.4) is 0 Å². The molecule has 21 heavy (non-hydrogen) atoms. The van der Waals surface area contributed by atoms with Gasteiger partial charge in [0.2, 0.25) is 5.89 Å². The number of benzene rings is 2. The van der Waals surface area contributed by atoms with Gasteiger partial charge in [-0.15, -0.1) is 0 Å². The van der Waals surface area contributed by atoms with Gasteiger partial charge in [-0.2, -0.15) is 0 Å².